The second-order valence-electron chi connectivity index (χ2n) is 6.87. The Balaban J connectivity index is 2.18. The largest absolute Gasteiger partial charge is 0.477 e. The van der Waals surface area contributed by atoms with E-state index in [1.807, 2.05) is 13.8 Å². The van der Waals surface area contributed by atoms with Gasteiger partial charge >= 0.3 is 5.97 Å². The average molecular weight is 389 g/mol. The van der Waals surface area contributed by atoms with E-state index in [1.54, 1.807) is 34.3 Å². The SMILES string of the molecule is CC(C)Cn1cc(C(=O)O)c(=O)c2cc(F)c(N(C)Cc3cncs3)cc21. The lowest BCUT2D eigenvalue weighted by Gasteiger charge is -2.21. The monoisotopic (exact) mass is 389 g/mol. The molecule has 0 radical (unpaired) electrons. The van der Waals surface area contributed by atoms with Gasteiger partial charge in [-0.3, -0.25) is 9.78 Å². The van der Waals surface area contributed by atoms with Gasteiger partial charge in [-0.15, -0.1) is 11.3 Å². The Bertz CT molecular complexity index is 1040. The molecule has 3 aromatic rings. The van der Waals surface area contributed by atoms with Gasteiger partial charge in [0, 0.05) is 36.2 Å². The molecule has 0 fully saturated rings. The van der Waals surface area contributed by atoms with E-state index in [9.17, 15) is 19.1 Å². The third-order valence-electron chi connectivity index (χ3n) is 4.23. The van der Waals surface area contributed by atoms with Crippen LogP contribution in [0.4, 0.5) is 10.1 Å². The van der Waals surface area contributed by atoms with Crippen LogP contribution in [0, 0.1) is 11.7 Å². The molecule has 0 unspecified atom stereocenters. The molecule has 0 aliphatic heterocycles. The molecule has 27 heavy (non-hydrogen) atoms. The number of anilines is 1. The second-order valence-corrected chi connectivity index (χ2v) is 7.84. The zero-order valence-corrected chi connectivity index (χ0v) is 16.1. The maximum absolute atomic E-state index is 14.8. The van der Waals surface area contributed by atoms with Crippen molar-refractivity contribution in [2.24, 2.45) is 5.92 Å². The maximum Gasteiger partial charge on any atom is 0.341 e. The first kappa shape index (κ1) is 19.0. The van der Waals surface area contributed by atoms with Gasteiger partial charge in [0.25, 0.3) is 0 Å². The number of fused-ring (bicyclic) bond motifs is 1. The van der Waals surface area contributed by atoms with Crippen molar-refractivity contribution >= 4 is 33.9 Å². The lowest BCUT2D eigenvalue weighted by Crippen LogP contribution is -2.22. The van der Waals surface area contributed by atoms with Gasteiger partial charge in [0.1, 0.15) is 11.4 Å². The fourth-order valence-electron chi connectivity index (χ4n) is 3.03. The molecule has 0 atom stereocenters. The summed E-state index contributed by atoms with van der Waals surface area (Å²) in [6, 6.07) is 2.75. The highest BCUT2D eigenvalue weighted by atomic mass is 32.1. The van der Waals surface area contributed by atoms with Crippen LogP contribution in [0.25, 0.3) is 10.9 Å². The molecule has 0 spiro atoms. The fraction of sp³-hybridized carbons (Fsp3) is 0.316. The van der Waals surface area contributed by atoms with Gasteiger partial charge in [0.2, 0.25) is 5.43 Å². The van der Waals surface area contributed by atoms with Gasteiger partial charge in [-0.25, -0.2) is 9.18 Å². The first-order chi connectivity index (χ1) is 12.8. The summed E-state index contributed by atoms with van der Waals surface area (Å²) >= 11 is 1.48. The Kier molecular flexibility index (Phi) is 5.27. The number of carboxylic acids is 1. The average Bonchev–Trinajstić information content (AvgIpc) is 3.09. The number of carbonyl (C=O) groups is 1. The predicted octanol–water partition coefficient (Wildman–Crippen LogP) is 3.59. The van der Waals surface area contributed by atoms with Crippen LogP contribution in [0.15, 0.2) is 34.8 Å². The number of hydrogen-bond acceptors (Lipinski definition) is 5. The van der Waals surface area contributed by atoms with Gasteiger partial charge in [0.05, 0.1) is 23.3 Å². The Morgan fingerprint density at radius 1 is 1.41 bits per heavy atom. The van der Waals surface area contributed by atoms with Crippen LogP contribution in [0.5, 0.6) is 0 Å². The molecule has 6 nitrogen and oxygen atoms in total. The highest BCUT2D eigenvalue weighted by Gasteiger charge is 2.19. The van der Waals surface area contributed by atoms with Crippen LogP contribution in [0.2, 0.25) is 0 Å². The van der Waals surface area contributed by atoms with E-state index in [4.69, 9.17) is 0 Å². The van der Waals surface area contributed by atoms with Crippen LogP contribution in [0.3, 0.4) is 0 Å². The highest BCUT2D eigenvalue weighted by Crippen LogP contribution is 2.26. The van der Waals surface area contributed by atoms with E-state index in [2.05, 4.69) is 4.98 Å². The van der Waals surface area contributed by atoms with Crippen molar-refractivity contribution in [3.8, 4) is 0 Å². The van der Waals surface area contributed by atoms with Gasteiger partial charge in [0.15, 0.2) is 0 Å². The van der Waals surface area contributed by atoms with E-state index in [0.717, 1.165) is 10.9 Å². The fourth-order valence-corrected chi connectivity index (χ4v) is 3.67. The number of halogens is 1. The molecule has 1 aromatic carbocycles. The summed E-state index contributed by atoms with van der Waals surface area (Å²) in [6.07, 6.45) is 3.08. The number of hydrogen-bond donors (Lipinski definition) is 1. The lowest BCUT2D eigenvalue weighted by molar-refractivity contribution is 0.0694. The standard InChI is InChI=1S/C19H20FN3O3S/c1-11(2)7-23-9-14(19(25)26)18(24)13-4-15(20)17(5-16(13)23)22(3)8-12-6-21-10-27-12/h4-6,9-11H,7-8H2,1-3H3,(H,25,26). The molecule has 3 rings (SSSR count). The smallest absolute Gasteiger partial charge is 0.341 e. The van der Waals surface area contributed by atoms with Crippen molar-refractivity contribution in [2.45, 2.75) is 26.9 Å². The Labute approximate surface area is 159 Å². The minimum atomic E-state index is -1.31. The third kappa shape index (κ3) is 3.85. The van der Waals surface area contributed by atoms with E-state index in [1.165, 1.54) is 17.5 Å². The molecule has 0 amide bonds. The number of carboxylic acid groups (broad SMARTS) is 1. The minimum Gasteiger partial charge on any atom is -0.477 e. The molecule has 8 heteroatoms. The summed E-state index contributed by atoms with van der Waals surface area (Å²) < 4.78 is 16.5. The molecule has 0 bridgehead atoms. The topological polar surface area (TPSA) is 75.4 Å². The molecule has 2 heterocycles. The lowest BCUT2D eigenvalue weighted by atomic mass is 10.1. The number of rotatable bonds is 6. The van der Waals surface area contributed by atoms with Crippen LogP contribution >= 0.6 is 11.3 Å². The van der Waals surface area contributed by atoms with Crippen LogP contribution in [-0.4, -0.2) is 27.7 Å². The Hall–Kier alpha value is -2.74. The normalized spacial score (nSPS) is 11.3. The number of aromatic carboxylic acids is 1. The van der Waals surface area contributed by atoms with Crippen molar-refractivity contribution in [2.75, 3.05) is 11.9 Å². The van der Waals surface area contributed by atoms with E-state index in [-0.39, 0.29) is 16.9 Å². The number of benzene rings is 1. The van der Waals surface area contributed by atoms with E-state index >= 15 is 0 Å². The number of thiazole rings is 1. The quantitative estimate of drug-likeness (QED) is 0.697. The van der Waals surface area contributed by atoms with Crippen molar-refractivity contribution in [1.82, 2.24) is 9.55 Å². The van der Waals surface area contributed by atoms with Gasteiger partial charge in [-0.1, -0.05) is 13.8 Å². The van der Waals surface area contributed by atoms with Crippen LogP contribution < -0.4 is 10.3 Å². The summed E-state index contributed by atoms with van der Waals surface area (Å²) in [5, 5.41) is 9.39. The first-order valence-corrected chi connectivity index (χ1v) is 9.34. The molecule has 0 saturated heterocycles. The molecular weight excluding hydrogens is 369 g/mol. The molecule has 0 saturated carbocycles. The molecular formula is C19H20FN3O3S. The van der Waals surface area contributed by atoms with Gasteiger partial charge in [-0.2, -0.15) is 0 Å². The second kappa shape index (κ2) is 7.48. The van der Waals surface area contributed by atoms with E-state index < -0.39 is 17.2 Å². The van der Waals surface area contributed by atoms with E-state index in [0.29, 0.717) is 24.3 Å². The van der Waals surface area contributed by atoms with Crippen molar-refractivity contribution in [3.05, 3.63) is 56.5 Å². The highest BCUT2D eigenvalue weighted by molar-refractivity contribution is 7.09. The molecule has 2 aromatic heterocycles. The zero-order valence-electron chi connectivity index (χ0n) is 15.3. The summed E-state index contributed by atoms with van der Waals surface area (Å²) in [5.41, 5.74) is 1.55. The summed E-state index contributed by atoms with van der Waals surface area (Å²) in [5.74, 6) is -1.66. The molecule has 0 aliphatic rings. The number of aromatic nitrogens is 2. The van der Waals surface area contributed by atoms with Crippen molar-refractivity contribution in [1.29, 1.82) is 0 Å². The Morgan fingerprint density at radius 2 is 2.15 bits per heavy atom. The number of nitrogens with zero attached hydrogens (tertiary/aromatic N) is 3. The summed E-state index contributed by atoms with van der Waals surface area (Å²) in [4.78, 5) is 30.7. The molecule has 1 N–H and O–H groups in total. The Morgan fingerprint density at radius 3 is 2.74 bits per heavy atom. The maximum atomic E-state index is 14.8. The third-order valence-corrected chi connectivity index (χ3v) is 4.99. The van der Waals surface area contributed by atoms with Crippen LogP contribution in [0.1, 0.15) is 29.1 Å². The van der Waals surface area contributed by atoms with Crippen molar-refractivity contribution < 1.29 is 14.3 Å². The van der Waals surface area contributed by atoms with Gasteiger partial charge in [-0.05, 0) is 18.1 Å². The zero-order chi connectivity index (χ0) is 19.7. The minimum absolute atomic E-state index is 0.0722. The number of pyridine rings is 1. The molecule has 0 aliphatic carbocycles. The summed E-state index contributed by atoms with van der Waals surface area (Å²) in [7, 11) is 1.76. The van der Waals surface area contributed by atoms with Crippen molar-refractivity contribution in [3.63, 3.8) is 0 Å². The predicted molar refractivity (Wildman–Crippen MR) is 104 cm³/mol. The first-order valence-electron chi connectivity index (χ1n) is 8.46. The van der Waals surface area contributed by atoms with Crippen LogP contribution in [-0.2, 0) is 13.1 Å². The molecule has 142 valence electrons. The van der Waals surface area contributed by atoms with Gasteiger partial charge < -0.3 is 14.6 Å². The summed E-state index contributed by atoms with van der Waals surface area (Å²) in [6.45, 7) is 4.98.